The molecular weight excluding hydrogens is 420 g/mol. The van der Waals surface area contributed by atoms with Crippen LogP contribution in [0.25, 0.3) is 11.5 Å². The predicted molar refractivity (Wildman–Crippen MR) is 100 cm³/mol. The van der Waals surface area contributed by atoms with Crippen molar-refractivity contribution in [3.63, 3.8) is 0 Å². The molecule has 4 heterocycles. The maximum Gasteiger partial charge on any atom is 0.314 e. The van der Waals surface area contributed by atoms with Crippen molar-refractivity contribution in [3.05, 3.63) is 41.8 Å². The molecule has 0 radical (unpaired) electrons. The van der Waals surface area contributed by atoms with E-state index in [2.05, 4.69) is 25.5 Å². The van der Waals surface area contributed by atoms with Crippen LogP contribution in [0, 0.1) is 0 Å². The summed E-state index contributed by atoms with van der Waals surface area (Å²) < 4.78 is 56.4. The molecule has 0 amide bonds. The molecule has 13 heteroatoms. The minimum Gasteiger partial charge on any atom is -0.415 e. The first-order valence-electron chi connectivity index (χ1n) is 9.21. The highest BCUT2D eigenvalue weighted by Gasteiger charge is 2.27. The lowest BCUT2D eigenvalue weighted by Crippen LogP contribution is -2.37. The Morgan fingerprint density at radius 1 is 1.20 bits per heavy atom. The van der Waals surface area contributed by atoms with E-state index < -0.39 is 22.3 Å². The Morgan fingerprint density at radius 3 is 2.57 bits per heavy atom. The fraction of sp³-hybridized carbons (Fsp3) is 0.471. The Labute approximate surface area is 171 Å². The summed E-state index contributed by atoms with van der Waals surface area (Å²) in [6, 6.07) is 3.37. The summed E-state index contributed by atoms with van der Waals surface area (Å²) in [4.78, 5) is 4.29. The minimum atomic E-state index is -3.16. The molecule has 0 bridgehead atoms. The Balaban J connectivity index is 1.38. The van der Waals surface area contributed by atoms with Crippen LogP contribution in [0.4, 0.5) is 8.78 Å². The minimum absolute atomic E-state index is 0.0205. The Morgan fingerprint density at radius 2 is 1.97 bits per heavy atom. The van der Waals surface area contributed by atoms with Crippen LogP contribution in [0.15, 0.2) is 28.9 Å². The largest absolute Gasteiger partial charge is 0.415 e. The molecule has 1 aliphatic heterocycles. The van der Waals surface area contributed by atoms with Crippen LogP contribution in [0.2, 0.25) is 0 Å². The van der Waals surface area contributed by atoms with Crippen molar-refractivity contribution in [3.8, 4) is 11.5 Å². The number of hydrogen-bond donors (Lipinski definition) is 0. The SMILES string of the molecule is CS(=O)(=O)N1CCC(c2cn(Cc3ccc(-c4nnc(C(F)F)o4)cn3)nn2)CC1. The van der Waals surface area contributed by atoms with E-state index in [0.717, 1.165) is 5.69 Å². The first-order valence-corrected chi connectivity index (χ1v) is 11.1. The number of rotatable bonds is 6. The molecule has 0 saturated carbocycles. The lowest BCUT2D eigenvalue weighted by atomic mass is 9.95. The van der Waals surface area contributed by atoms with E-state index in [1.165, 1.54) is 16.8 Å². The molecule has 160 valence electrons. The summed E-state index contributed by atoms with van der Waals surface area (Å²) in [5, 5.41) is 15.2. The van der Waals surface area contributed by atoms with E-state index in [0.29, 0.717) is 43.7 Å². The molecule has 10 nitrogen and oxygen atoms in total. The van der Waals surface area contributed by atoms with Gasteiger partial charge in [0.05, 0.1) is 29.8 Å². The van der Waals surface area contributed by atoms with Crippen molar-refractivity contribution in [2.45, 2.75) is 31.7 Å². The summed E-state index contributed by atoms with van der Waals surface area (Å²) in [6.07, 6.45) is 3.10. The number of sulfonamides is 1. The van der Waals surface area contributed by atoms with Gasteiger partial charge in [0.15, 0.2) is 0 Å². The third kappa shape index (κ3) is 4.51. The van der Waals surface area contributed by atoms with Gasteiger partial charge in [-0.05, 0) is 25.0 Å². The lowest BCUT2D eigenvalue weighted by molar-refractivity contribution is 0.116. The van der Waals surface area contributed by atoms with E-state index in [-0.39, 0.29) is 11.8 Å². The summed E-state index contributed by atoms with van der Waals surface area (Å²) in [7, 11) is -3.16. The third-order valence-electron chi connectivity index (χ3n) is 4.92. The van der Waals surface area contributed by atoms with Gasteiger partial charge in [0, 0.05) is 31.4 Å². The van der Waals surface area contributed by atoms with Gasteiger partial charge in [-0.25, -0.2) is 17.4 Å². The number of hydrogen-bond acceptors (Lipinski definition) is 8. The summed E-state index contributed by atoms with van der Waals surface area (Å²) in [5.74, 6) is -0.590. The second-order valence-electron chi connectivity index (χ2n) is 7.06. The van der Waals surface area contributed by atoms with Gasteiger partial charge in [0.25, 0.3) is 5.89 Å². The first kappa shape index (κ1) is 20.5. The normalized spacial score (nSPS) is 16.4. The van der Waals surface area contributed by atoms with Crippen LogP contribution < -0.4 is 0 Å². The van der Waals surface area contributed by atoms with Gasteiger partial charge >= 0.3 is 6.43 Å². The molecule has 0 aliphatic carbocycles. The fourth-order valence-corrected chi connectivity index (χ4v) is 4.18. The number of pyridine rings is 1. The van der Waals surface area contributed by atoms with Crippen molar-refractivity contribution < 1.29 is 21.6 Å². The molecule has 1 saturated heterocycles. The predicted octanol–water partition coefficient (Wildman–Crippen LogP) is 1.85. The molecule has 30 heavy (non-hydrogen) atoms. The second kappa shape index (κ2) is 8.14. The van der Waals surface area contributed by atoms with E-state index >= 15 is 0 Å². The average Bonchev–Trinajstić information content (AvgIpc) is 3.38. The number of piperidine rings is 1. The van der Waals surface area contributed by atoms with Crippen molar-refractivity contribution in [2.24, 2.45) is 0 Å². The van der Waals surface area contributed by atoms with E-state index in [1.54, 1.807) is 16.8 Å². The number of halogens is 2. The van der Waals surface area contributed by atoms with Crippen LogP contribution in [-0.2, 0) is 16.6 Å². The summed E-state index contributed by atoms with van der Waals surface area (Å²) in [5.41, 5.74) is 1.95. The quantitative estimate of drug-likeness (QED) is 0.571. The van der Waals surface area contributed by atoms with Crippen molar-refractivity contribution in [1.29, 1.82) is 0 Å². The van der Waals surface area contributed by atoms with Crippen molar-refractivity contribution in [2.75, 3.05) is 19.3 Å². The zero-order valence-corrected chi connectivity index (χ0v) is 16.8. The first-order chi connectivity index (χ1) is 14.3. The van der Waals surface area contributed by atoms with E-state index in [1.807, 2.05) is 6.20 Å². The van der Waals surface area contributed by atoms with Crippen LogP contribution in [0.1, 0.15) is 42.5 Å². The summed E-state index contributed by atoms with van der Waals surface area (Å²) >= 11 is 0. The smallest absolute Gasteiger partial charge is 0.314 e. The molecular formula is C17H19F2N7O3S. The molecule has 0 unspecified atom stereocenters. The number of aromatic nitrogens is 6. The zero-order valence-electron chi connectivity index (χ0n) is 16.0. The lowest BCUT2D eigenvalue weighted by Gasteiger charge is -2.28. The Bertz CT molecular complexity index is 1110. The third-order valence-corrected chi connectivity index (χ3v) is 6.22. The molecule has 4 rings (SSSR count). The maximum atomic E-state index is 12.6. The summed E-state index contributed by atoms with van der Waals surface area (Å²) in [6.45, 7) is 1.33. The topological polar surface area (TPSA) is 120 Å². The van der Waals surface area contributed by atoms with E-state index in [9.17, 15) is 17.2 Å². The van der Waals surface area contributed by atoms with Gasteiger partial charge in [0.2, 0.25) is 15.9 Å². The molecule has 0 aromatic carbocycles. The Hall–Kier alpha value is -2.80. The second-order valence-corrected chi connectivity index (χ2v) is 9.04. The van der Waals surface area contributed by atoms with Gasteiger partial charge in [-0.1, -0.05) is 5.21 Å². The van der Waals surface area contributed by atoms with Crippen LogP contribution in [0.3, 0.4) is 0 Å². The molecule has 0 N–H and O–H groups in total. The molecule has 0 atom stereocenters. The highest BCUT2D eigenvalue weighted by atomic mass is 32.2. The van der Waals surface area contributed by atoms with Gasteiger partial charge in [0.1, 0.15) is 0 Å². The van der Waals surface area contributed by atoms with Crippen LogP contribution >= 0.6 is 0 Å². The standard InChI is InChI=1S/C17H19F2N7O3S/c1-30(27,28)26-6-4-11(5-7-26)14-10-25(24-21-14)9-13-3-2-12(8-20-13)16-22-23-17(29-16)15(18)19/h2-3,8,10-11,15H,4-7,9H2,1H3. The molecule has 3 aromatic rings. The highest BCUT2D eigenvalue weighted by molar-refractivity contribution is 7.88. The van der Waals surface area contributed by atoms with Crippen LogP contribution in [0.5, 0.6) is 0 Å². The van der Waals surface area contributed by atoms with Gasteiger partial charge in [-0.2, -0.15) is 8.78 Å². The van der Waals surface area contributed by atoms with Gasteiger partial charge < -0.3 is 4.42 Å². The van der Waals surface area contributed by atoms with Crippen molar-refractivity contribution in [1.82, 2.24) is 34.5 Å². The average molecular weight is 439 g/mol. The molecule has 1 aliphatic rings. The fourth-order valence-electron chi connectivity index (χ4n) is 3.31. The number of nitrogens with zero attached hydrogens (tertiary/aromatic N) is 7. The monoisotopic (exact) mass is 439 g/mol. The van der Waals surface area contributed by atoms with E-state index in [4.69, 9.17) is 4.42 Å². The Kier molecular flexibility index (Phi) is 5.56. The van der Waals surface area contributed by atoms with Crippen molar-refractivity contribution >= 4 is 10.0 Å². The van der Waals surface area contributed by atoms with Gasteiger partial charge in [-0.15, -0.1) is 15.3 Å². The zero-order chi connectivity index (χ0) is 21.3. The van der Waals surface area contributed by atoms with Crippen LogP contribution in [-0.4, -0.2) is 62.2 Å². The molecule has 0 spiro atoms. The molecule has 3 aromatic heterocycles. The molecule has 1 fully saturated rings. The van der Waals surface area contributed by atoms with Gasteiger partial charge in [-0.3, -0.25) is 4.98 Å². The maximum absolute atomic E-state index is 12.6. The highest BCUT2D eigenvalue weighted by Crippen LogP contribution is 2.27. The number of alkyl halides is 2.